The summed E-state index contributed by atoms with van der Waals surface area (Å²) in [5, 5.41) is 0. The van der Waals surface area contributed by atoms with E-state index in [1.165, 1.54) is 167 Å². The van der Waals surface area contributed by atoms with Crippen molar-refractivity contribution in [3.05, 3.63) is 122 Å². The smallest absolute Gasteiger partial charge is 0.306 e. The second-order valence-electron chi connectivity index (χ2n) is 22.3. The first-order valence-corrected chi connectivity index (χ1v) is 34.0. The van der Waals surface area contributed by atoms with Crippen LogP contribution in [0, 0.1) is 0 Å². The molecule has 0 aromatic rings. The summed E-state index contributed by atoms with van der Waals surface area (Å²) in [6.07, 6.45) is 95.4. The average molecular weight is 1120 g/mol. The molecule has 0 fully saturated rings. The van der Waals surface area contributed by atoms with Crippen LogP contribution in [0.4, 0.5) is 0 Å². The molecule has 0 rings (SSSR count). The van der Waals surface area contributed by atoms with Crippen LogP contribution < -0.4 is 0 Å². The molecule has 0 saturated heterocycles. The maximum atomic E-state index is 12.9. The Bertz CT molecular complexity index is 1670. The number of rotatable bonds is 61. The molecule has 1 atom stereocenters. The first-order valence-electron chi connectivity index (χ1n) is 34.0. The fourth-order valence-electron chi connectivity index (χ4n) is 9.42. The Morgan fingerprint density at radius 1 is 0.259 bits per heavy atom. The fourth-order valence-corrected chi connectivity index (χ4v) is 9.42. The summed E-state index contributed by atoms with van der Waals surface area (Å²) in [7, 11) is 0. The third-order valence-corrected chi connectivity index (χ3v) is 14.4. The van der Waals surface area contributed by atoms with Gasteiger partial charge in [-0.25, -0.2) is 0 Å². The van der Waals surface area contributed by atoms with E-state index < -0.39 is 6.10 Å². The van der Waals surface area contributed by atoms with E-state index in [9.17, 15) is 14.4 Å². The van der Waals surface area contributed by atoms with Gasteiger partial charge in [0.05, 0.1) is 0 Å². The molecule has 0 heterocycles. The quantitative estimate of drug-likeness (QED) is 0.0261. The van der Waals surface area contributed by atoms with Gasteiger partial charge >= 0.3 is 17.9 Å². The second kappa shape index (κ2) is 68.3. The molecule has 0 saturated carbocycles. The molecular weight excluding hydrogens is 997 g/mol. The van der Waals surface area contributed by atoms with Crippen LogP contribution in [-0.4, -0.2) is 37.2 Å². The van der Waals surface area contributed by atoms with Crippen molar-refractivity contribution in [1.29, 1.82) is 0 Å². The molecule has 0 radical (unpaired) electrons. The molecule has 0 amide bonds. The van der Waals surface area contributed by atoms with Crippen LogP contribution in [0.3, 0.4) is 0 Å². The number of hydrogen-bond acceptors (Lipinski definition) is 6. The molecule has 0 bridgehead atoms. The number of carbonyl (C=O) groups excluding carboxylic acids is 3. The van der Waals surface area contributed by atoms with Crippen LogP contribution in [0.5, 0.6) is 0 Å². The predicted molar refractivity (Wildman–Crippen MR) is 353 cm³/mol. The van der Waals surface area contributed by atoms with Gasteiger partial charge in [0.25, 0.3) is 0 Å². The summed E-state index contributed by atoms with van der Waals surface area (Å²) < 4.78 is 16.8. The number of carbonyl (C=O) groups is 3. The molecule has 6 nitrogen and oxygen atoms in total. The molecule has 1 unspecified atom stereocenters. The van der Waals surface area contributed by atoms with E-state index in [4.69, 9.17) is 14.2 Å². The van der Waals surface area contributed by atoms with Crippen LogP contribution >= 0.6 is 0 Å². The zero-order chi connectivity index (χ0) is 58.5. The number of ether oxygens (including phenoxy) is 3. The molecule has 0 aliphatic carbocycles. The molecule has 0 aliphatic heterocycles. The van der Waals surface area contributed by atoms with Crippen molar-refractivity contribution < 1.29 is 28.6 Å². The SMILES string of the molecule is CC/C=C\C/C=C\C/C=C\C/C=C\CCC(=O)OCC(COC(=O)CCCCCCCCCCCCCCCCCCCC/C=C\C/C=C\C/C=C\CCCCCCC)OC(=O)CCCCCCCCC/C=C\C/C=C\C/C=C\CC. The van der Waals surface area contributed by atoms with E-state index in [1.54, 1.807) is 0 Å². The van der Waals surface area contributed by atoms with Crippen molar-refractivity contribution >= 4 is 17.9 Å². The number of esters is 3. The Hall–Kier alpha value is -4.19. The minimum absolute atomic E-state index is 0.104. The lowest BCUT2D eigenvalue weighted by atomic mass is 10.0. The van der Waals surface area contributed by atoms with E-state index >= 15 is 0 Å². The maximum absolute atomic E-state index is 12.9. The van der Waals surface area contributed by atoms with Gasteiger partial charge in [0.2, 0.25) is 0 Å². The van der Waals surface area contributed by atoms with Gasteiger partial charge in [-0.2, -0.15) is 0 Å². The molecule has 0 aromatic heterocycles. The van der Waals surface area contributed by atoms with E-state index in [0.29, 0.717) is 19.3 Å². The Morgan fingerprint density at radius 2 is 0.506 bits per heavy atom. The lowest BCUT2D eigenvalue weighted by Crippen LogP contribution is -2.30. The van der Waals surface area contributed by atoms with Crippen molar-refractivity contribution in [2.45, 2.75) is 322 Å². The third kappa shape index (κ3) is 66.5. The fraction of sp³-hybridized carbons (Fsp3) is 0.693. The van der Waals surface area contributed by atoms with Crippen molar-refractivity contribution in [2.75, 3.05) is 13.2 Å². The number of allylic oxidation sites excluding steroid dienone is 20. The number of unbranched alkanes of at least 4 members (excludes halogenated alkanes) is 30. The third-order valence-electron chi connectivity index (χ3n) is 14.4. The Kier molecular flexibility index (Phi) is 64.8. The normalized spacial score (nSPS) is 12.9. The Morgan fingerprint density at radius 3 is 0.827 bits per heavy atom. The first kappa shape index (κ1) is 76.8. The highest BCUT2D eigenvalue weighted by atomic mass is 16.6. The summed E-state index contributed by atoms with van der Waals surface area (Å²) in [6.45, 7) is 6.35. The van der Waals surface area contributed by atoms with Crippen LogP contribution in [-0.2, 0) is 28.6 Å². The van der Waals surface area contributed by atoms with E-state index in [0.717, 1.165) is 103 Å². The topological polar surface area (TPSA) is 78.9 Å². The van der Waals surface area contributed by atoms with E-state index in [-0.39, 0.29) is 37.5 Å². The van der Waals surface area contributed by atoms with Gasteiger partial charge < -0.3 is 14.2 Å². The van der Waals surface area contributed by atoms with Crippen LogP contribution in [0.1, 0.15) is 316 Å². The summed E-state index contributed by atoms with van der Waals surface area (Å²) in [5.41, 5.74) is 0. The van der Waals surface area contributed by atoms with Crippen molar-refractivity contribution in [3.63, 3.8) is 0 Å². The minimum atomic E-state index is -0.815. The van der Waals surface area contributed by atoms with Gasteiger partial charge in [-0.15, -0.1) is 0 Å². The lowest BCUT2D eigenvalue weighted by Gasteiger charge is -2.18. The highest BCUT2D eigenvalue weighted by Crippen LogP contribution is 2.17. The number of hydrogen-bond donors (Lipinski definition) is 0. The molecule has 6 heteroatoms. The van der Waals surface area contributed by atoms with Gasteiger partial charge in [0.15, 0.2) is 6.10 Å². The van der Waals surface area contributed by atoms with Crippen molar-refractivity contribution in [1.82, 2.24) is 0 Å². The highest BCUT2D eigenvalue weighted by Gasteiger charge is 2.19. The summed E-state index contributed by atoms with van der Waals surface area (Å²) in [4.78, 5) is 38.3. The Labute approximate surface area is 501 Å². The standard InChI is InChI=1S/C75H126O6/c1-4-7-10-13-16-19-22-25-27-29-30-31-32-33-34-35-36-37-38-39-40-41-42-43-44-46-47-50-53-56-59-62-65-68-74(77)80-71-72(70-79-73(76)67-64-61-58-55-52-49-24-21-18-15-12-9-6-3)81-75(78)69-66-63-60-57-54-51-48-45-28-26-23-20-17-14-11-8-5-2/h8-9,11-12,17-18,20-22,25-26,28-30,32-33,49,52,58,61,72H,4-7,10,13-16,19,23-24,27,31,34-48,50-51,53-57,59-60,62-71H2,1-3H3/b11-8-,12-9-,20-17-,21-18-,25-22-,28-26-,30-29-,33-32-,52-49-,61-58-. The van der Waals surface area contributed by atoms with Crippen LogP contribution in [0.2, 0.25) is 0 Å². The molecular formula is C75H126O6. The molecule has 0 aliphatic rings. The predicted octanol–water partition coefficient (Wildman–Crippen LogP) is 23.6. The van der Waals surface area contributed by atoms with Crippen LogP contribution in [0.15, 0.2) is 122 Å². The highest BCUT2D eigenvalue weighted by molar-refractivity contribution is 5.71. The molecule has 0 N–H and O–H groups in total. The Balaban J connectivity index is 4.21. The molecule has 81 heavy (non-hydrogen) atoms. The first-order chi connectivity index (χ1) is 40.0. The summed E-state index contributed by atoms with van der Waals surface area (Å²) in [5.74, 6) is -0.993. The monoisotopic (exact) mass is 1120 g/mol. The van der Waals surface area contributed by atoms with Gasteiger partial charge in [0, 0.05) is 19.3 Å². The largest absolute Gasteiger partial charge is 0.462 e. The van der Waals surface area contributed by atoms with Gasteiger partial charge in [-0.05, 0) is 116 Å². The molecule has 462 valence electrons. The zero-order valence-electron chi connectivity index (χ0n) is 53.0. The summed E-state index contributed by atoms with van der Waals surface area (Å²) >= 11 is 0. The van der Waals surface area contributed by atoms with E-state index in [1.807, 2.05) is 6.08 Å². The molecule has 0 spiro atoms. The lowest BCUT2D eigenvalue weighted by molar-refractivity contribution is -0.166. The van der Waals surface area contributed by atoms with Crippen LogP contribution in [0.25, 0.3) is 0 Å². The van der Waals surface area contributed by atoms with Crippen molar-refractivity contribution in [3.8, 4) is 0 Å². The van der Waals surface area contributed by atoms with Gasteiger partial charge in [-0.3, -0.25) is 14.4 Å². The second-order valence-corrected chi connectivity index (χ2v) is 22.3. The van der Waals surface area contributed by atoms with Gasteiger partial charge in [-0.1, -0.05) is 303 Å². The average Bonchev–Trinajstić information content (AvgIpc) is 3.46. The molecule has 0 aromatic carbocycles. The zero-order valence-corrected chi connectivity index (χ0v) is 53.0. The van der Waals surface area contributed by atoms with Crippen molar-refractivity contribution in [2.24, 2.45) is 0 Å². The van der Waals surface area contributed by atoms with Gasteiger partial charge in [0.1, 0.15) is 13.2 Å². The van der Waals surface area contributed by atoms with E-state index in [2.05, 4.69) is 136 Å². The minimum Gasteiger partial charge on any atom is -0.462 e. The maximum Gasteiger partial charge on any atom is 0.306 e. The summed E-state index contributed by atoms with van der Waals surface area (Å²) in [6, 6.07) is 0.